The summed E-state index contributed by atoms with van der Waals surface area (Å²) in [7, 11) is 1.37. The van der Waals surface area contributed by atoms with Gasteiger partial charge in [0.25, 0.3) is 0 Å². The van der Waals surface area contributed by atoms with Gasteiger partial charge in [-0.25, -0.2) is 4.79 Å². The standard InChI is InChI=1S/C22H27NO4S/c1-4-27-17-12-10-15(11-13-17)18-14(2)28-21(19(18)22(25)26-3)23-20(24)16-8-6-5-7-9-16/h10-13,16H,4-9H2,1-3H3,(H,23,24). The fourth-order valence-electron chi connectivity index (χ4n) is 3.74. The van der Waals surface area contributed by atoms with Gasteiger partial charge in [-0.05, 0) is 44.4 Å². The molecule has 1 amide bonds. The fourth-order valence-corrected chi connectivity index (χ4v) is 4.81. The second-order valence-electron chi connectivity index (χ2n) is 7.01. The number of rotatable bonds is 6. The Morgan fingerprint density at radius 3 is 2.43 bits per heavy atom. The second-order valence-corrected chi connectivity index (χ2v) is 8.24. The molecule has 1 N–H and O–H groups in total. The lowest BCUT2D eigenvalue weighted by molar-refractivity contribution is -0.120. The Labute approximate surface area is 170 Å². The van der Waals surface area contributed by atoms with Gasteiger partial charge in [-0.2, -0.15) is 0 Å². The summed E-state index contributed by atoms with van der Waals surface area (Å²) in [4.78, 5) is 26.3. The number of amides is 1. The Kier molecular flexibility index (Phi) is 6.73. The quantitative estimate of drug-likeness (QED) is 0.656. The number of hydrogen-bond acceptors (Lipinski definition) is 5. The number of aryl methyl sites for hydroxylation is 1. The summed E-state index contributed by atoms with van der Waals surface area (Å²) in [6, 6.07) is 7.63. The first kappa shape index (κ1) is 20.4. The molecule has 0 bridgehead atoms. The van der Waals surface area contributed by atoms with Gasteiger partial charge < -0.3 is 14.8 Å². The van der Waals surface area contributed by atoms with Gasteiger partial charge in [0.15, 0.2) is 0 Å². The summed E-state index contributed by atoms with van der Waals surface area (Å²) in [6.07, 6.45) is 5.19. The van der Waals surface area contributed by atoms with Crippen LogP contribution in [0.5, 0.6) is 5.75 Å². The number of benzene rings is 1. The van der Waals surface area contributed by atoms with E-state index in [2.05, 4.69) is 5.32 Å². The number of esters is 1. The van der Waals surface area contributed by atoms with Crippen LogP contribution in [0, 0.1) is 12.8 Å². The van der Waals surface area contributed by atoms with Crippen molar-refractivity contribution in [3.05, 3.63) is 34.7 Å². The molecular weight excluding hydrogens is 374 g/mol. The molecule has 0 spiro atoms. The van der Waals surface area contributed by atoms with Crippen LogP contribution in [0.4, 0.5) is 5.00 Å². The first-order valence-electron chi connectivity index (χ1n) is 9.81. The predicted molar refractivity (Wildman–Crippen MR) is 112 cm³/mol. The van der Waals surface area contributed by atoms with Crippen LogP contribution < -0.4 is 10.1 Å². The first-order chi connectivity index (χ1) is 13.5. The van der Waals surface area contributed by atoms with E-state index in [-0.39, 0.29) is 11.8 Å². The summed E-state index contributed by atoms with van der Waals surface area (Å²) >= 11 is 1.42. The van der Waals surface area contributed by atoms with E-state index in [1.165, 1.54) is 24.9 Å². The lowest BCUT2D eigenvalue weighted by Gasteiger charge is -2.20. The van der Waals surface area contributed by atoms with E-state index >= 15 is 0 Å². The smallest absolute Gasteiger partial charge is 0.341 e. The highest BCUT2D eigenvalue weighted by Gasteiger charge is 2.28. The molecule has 0 aliphatic heterocycles. The molecule has 6 heteroatoms. The van der Waals surface area contributed by atoms with Crippen LogP contribution in [0.25, 0.3) is 11.1 Å². The number of carbonyl (C=O) groups excluding carboxylic acids is 2. The van der Waals surface area contributed by atoms with E-state index in [4.69, 9.17) is 9.47 Å². The number of carbonyl (C=O) groups is 2. The van der Waals surface area contributed by atoms with Crippen molar-refractivity contribution in [2.24, 2.45) is 5.92 Å². The summed E-state index contributed by atoms with van der Waals surface area (Å²) in [6.45, 7) is 4.49. The van der Waals surface area contributed by atoms with Crippen LogP contribution in [0.3, 0.4) is 0 Å². The van der Waals surface area contributed by atoms with Gasteiger partial charge in [-0.15, -0.1) is 11.3 Å². The number of ether oxygens (including phenoxy) is 2. The molecule has 1 heterocycles. The van der Waals surface area contributed by atoms with Gasteiger partial charge in [0.1, 0.15) is 16.3 Å². The maximum atomic E-state index is 12.7. The average molecular weight is 402 g/mol. The van der Waals surface area contributed by atoms with Gasteiger partial charge in [-0.3, -0.25) is 4.79 Å². The third kappa shape index (κ3) is 4.38. The minimum absolute atomic E-state index is 0.00402. The van der Waals surface area contributed by atoms with Crippen molar-refractivity contribution in [3.63, 3.8) is 0 Å². The molecule has 0 radical (unpaired) electrons. The molecule has 0 saturated heterocycles. The Morgan fingerprint density at radius 1 is 1.14 bits per heavy atom. The number of methoxy groups -OCH3 is 1. The Hall–Kier alpha value is -2.34. The molecule has 1 saturated carbocycles. The van der Waals surface area contributed by atoms with E-state index in [1.54, 1.807) is 0 Å². The highest BCUT2D eigenvalue weighted by atomic mass is 32.1. The van der Waals surface area contributed by atoms with E-state index in [0.29, 0.717) is 17.2 Å². The summed E-state index contributed by atoms with van der Waals surface area (Å²) in [5, 5.41) is 3.59. The predicted octanol–water partition coefficient (Wildman–Crippen LogP) is 5.43. The lowest BCUT2D eigenvalue weighted by Crippen LogP contribution is -2.25. The van der Waals surface area contributed by atoms with E-state index in [1.807, 2.05) is 38.1 Å². The Morgan fingerprint density at radius 2 is 1.82 bits per heavy atom. The van der Waals surface area contributed by atoms with E-state index in [0.717, 1.165) is 47.4 Å². The molecule has 0 atom stereocenters. The van der Waals surface area contributed by atoms with Crippen LogP contribution in [0.1, 0.15) is 54.3 Å². The van der Waals surface area contributed by atoms with Gasteiger partial charge in [0, 0.05) is 16.4 Å². The van der Waals surface area contributed by atoms with E-state index < -0.39 is 5.97 Å². The molecule has 2 aromatic rings. The molecule has 1 aromatic carbocycles. The zero-order valence-corrected chi connectivity index (χ0v) is 17.5. The normalized spacial score (nSPS) is 14.5. The third-order valence-corrected chi connectivity index (χ3v) is 6.16. The van der Waals surface area contributed by atoms with E-state index in [9.17, 15) is 9.59 Å². The van der Waals surface area contributed by atoms with Gasteiger partial charge in [0.2, 0.25) is 5.91 Å². The molecule has 1 aromatic heterocycles. The topological polar surface area (TPSA) is 64.6 Å². The highest BCUT2D eigenvalue weighted by Crippen LogP contribution is 2.41. The molecule has 28 heavy (non-hydrogen) atoms. The van der Waals surface area contributed by atoms with Crippen molar-refractivity contribution in [2.45, 2.75) is 46.0 Å². The van der Waals surface area contributed by atoms with Crippen LogP contribution in [-0.2, 0) is 9.53 Å². The first-order valence-corrected chi connectivity index (χ1v) is 10.6. The van der Waals surface area contributed by atoms with Crippen molar-refractivity contribution in [1.82, 2.24) is 0 Å². The van der Waals surface area contributed by atoms with Crippen LogP contribution in [0.15, 0.2) is 24.3 Å². The zero-order chi connectivity index (χ0) is 20.1. The van der Waals surface area contributed by atoms with Crippen molar-refractivity contribution < 1.29 is 19.1 Å². The maximum absolute atomic E-state index is 12.7. The maximum Gasteiger partial charge on any atom is 0.341 e. The molecule has 1 aliphatic carbocycles. The molecule has 1 fully saturated rings. The molecule has 0 unspecified atom stereocenters. The largest absolute Gasteiger partial charge is 0.494 e. The van der Waals surface area contributed by atoms with Gasteiger partial charge in [-0.1, -0.05) is 31.4 Å². The minimum atomic E-state index is -0.438. The number of thiophene rings is 1. The van der Waals surface area contributed by atoms with Gasteiger partial charge in [0.05, 0.1) is 13.7 Å². The summed E-state index contributed by atoms with van der Waals surface area (Å²) in [5.41, 5.74) is 2.13. The van der Waals surface area contributed by atoms with Crippen LogP contribution in [-0.4, -0.2) is 25.6 Å². The number of hydrogen-bond donors (Lipinski definition) is 1. The summed E-state index contributed by atoms with van der Waals surface area (Å²) < 4.78 is 10.5. The van der Waals surface area contributed by atoms with Crippen molar-refractivity contribution in [1.29, 1.82) is 0 Å². The molecule has 3 rings (SSSR count). The van der Waals surface area contributed by atoms with Crippen LogP contribution >= 0.6 is 11.3 Å². The van der Waals surface area contributed by atoms with Crippen molar-refractivity contribution >= 4 is 28.2 Å². The fraction of sp³-hybridized carbons (Fsp3) is 0.455. The Bertz CT molecular complexity index is 835. The minimum Gasteiger partial charge on any atom is -0.494 e. The summed E-state index contributed by atoms with van der Waals surface area (Å²) in [5.74, 6) is 0.372. The third-order valence-electron chi connectivity index (χ3n) is 5.14. The molecular formula is C22H27NO4S. The van der Waals surface area contributed by atoms with Crippen molar-refractivity contribution in [3.8, 4) is 16.9 Å². The number of nitrogens with one attached hydrogen (secondary N) is 1. The zero-order valence-electron chi connectivity index (χ0n) is 16.7. The SMILES string of the molecule is CCOc1ccc(-c2c(C)sc(NC(=O)C3CCCCC3)c2C(=O)OC)cc1. The second kappa shape index (κ2) is 9.24. The molecule has 5 nitrogen and oxygen atoms in total. The van der Waals surface area contributed by atoms with Crippen molar-refractivity contribution in [2.75, 3.05) is 19.0 Å². The Balaban J connectivity index is 1.94. The molecule has 1 aliphatic rings. The lowest BCUT2D eigenvalue weighted by atomic mass is 9.88. The molecule has 150 valence electrons. The monoisotopic (exact) mass is 401 g/mol. The average Bonchev–Trinajstić information content (AvgIpc) is 3.04. The number of anilines is 1. The highest BCUT2D eigenvalue weighted by molar-refractivity contribution is 7.17. The van der Waals surface area contributed by atoms with Crippen LogP contribution in [0.2, 0.25) is 0 Å². The van der Waals surface area contributed by atoms with Gasteiger partial charge >= 0.3 is 5.97 Å².